The predicted molar refractivity (Wildman–Crippen MR) is 79.4 cm³/mol. The van der Waals surface area contributed by atoms with E-state index in [0.29, 0.717) is 0 Å². The van der Waals surface area contributed by atoms with Gasteiger partial charge in [0.1, 0.15) is 0 Å². The van der Waals surface area contributed by atoms with Crippen molar-refractivity contribution in [3.8, 4) is 0 Å². The number of hydrogen-bond acceptors (Lipinski definition) is 4. The van der Waals surface area contributed by atoms with Crippen LogP contribution in [0.4, 0.5) is 0 Å². The van der Waals surface area contributed by atoms with Gasteiger partial charge in [0.05, 0.1) is 12.2 Å². The third-order valence-corrected chi connectivity index (χ3v) is 4.93. The van der Waals surface area contributed by atoms with E-state index in [2.05, 4.69) is 30.6 Å². The number of nitrogens with two attached hydrogens (primary N) is 1. The highest BCUT2D eigenvalue weighted by atomic mass is 16.5. The van der Waals surface area contributed by atoms with E-state index in [1.165, 1.54) is 32.4 Å². The largest absolute Gasteiger partial charge is 0.373 e. The van der Waals surface area contributed by atoms with Gasteiger partial charge >= 0.3 is 0 Å². The summed E-state index contributed by atoms with van der Waals surface area (Å²) in [5.41, 5.74) is 6.38. The van der Waals surface area contributed by atoms with Gasteiger partial charge in [0.2, 0.25) is 0 Å². The minimum Gasteiger partial charge on any atom is -0.373 e. The Morgan fingerprint density at radius 3 is 2.58 bits per heavy atom. The molecule has 4 nitrogen and oxygen atoms in total. The van der Waals surface area contributed by atoms with Crippen LogP contribution in [0.5, 0.6) is 0 Å². The Morgan fingerprint density at radius 1 is 1.16 bits per heavy atom. The molecule has 2 N–H and O–H groups in total. The van der Waals surface area contributed by atoms with Crippen LogP contribution in [0.2, 0.25) is 0 Å². The Balaban J connectivity index is 2.08. The molecule has 2 aliphatic heterocycles. The quantitative estimate of drug-likeness (QED) is 0.838. The van der Waals surface area contributed by atoms with Crippen LogP contribution in [0.25, 0.3) is 0 Å². The Hall–Kier alpha value is -0.160. The van der Waals surface area contributed by atoms with E-state index in [9.17, 15) is 0 Å². The molecule has 1 atom stereocenters. The van der Waals surface area contributed by atoms with Crippen molar-refractivity contribution in [2.24, 2.45) is 5.73 Å². The molecule has 0 radical (unpaired) electrons. The SMILES string of the molecule is CCN1CCCC(CN)(N2CCOC(C)(C)C2)CC1. The summed E-state index contributed by atoms with van der Waals surface area (Å²) >= 11 is 0. The molecule has 2 heterocycles. The highest BCUT2D eigenvalue weighted by molar-refractivity contribution is 4.97. The molecule has 2 rings (SSSR count). The maximum absolute atomic E-state index is 6.21. The van der Waals surface area contributed by atoms with Crippen molar-refractivity contribution in [1.82, 2.24) is 9.80 Å². The van der Waals surface area contributed by atoms with E-state index >= 15 is 0 Å². The van der Waals surface area contributed by atoms with E-state index in [-0.39, 0.29) is 11.1 Å². The van der Waals surface area contributed by atoms with Gasteiger partial charge in [-0.2, -0.15) is 0 Å². The molecule has 0 aromatic carbocycles. The van der Waals surface area contributed by atoms with Crippen LogP contribution in [0.1, 0.15) is 40.0 Å². The van der Waals surface area contributed by atoms with E-state index in [0.717, 1.165) is 32.8 Å². The minimum absolute atomic E-state index is 0.0306. The number of rotatable bonds is 3. The second-order valence-corrected chi connectivity index (χ2v) is 6.75. The zero-order chi connectivity index (χ0) is 13.9. The fourth-order valence-electron chi connectivity index (χ4n) is 3.62. The number of likely N-dealkylation sites (tertiary alicyclic amines) is 1. The van der Waals surface area contributed by atoms with Gasteiger partial charge in [-0.3, -0.25) is 4.90 Å². The number of morpholine rings is 1. The summed E-state index contributed by atoms with van der Waals surface area (Å²) in [7, 11) is 0. The molecule has 112 valence electrons. The topological polar surface area (TPSA) is 41.7 Å². The van der Waals surface area contributed by atoms with Crippen molar-refractivity contribution in [3.05, 3.63) is 0 Å². The summed E-state index contributed by atoms with van der Waals surface area (Å²) in [6.45, 7) is 13.9. The maximum Gasteiger partial charge on any atom is 0.0753 e. The van der Waals surface area contributed by atoms with Crippen molar-refractivity contribution in [3.63, 3.8) is 0 Å². The maximum atomic E-state index is 6.21. The van der Waals surface area contributed by atoms with Crippen molar-refractivity contribution >= 4 is 0 Å². The summed E-state index contributed by atoms with van der Waals surface area (Å²) in [6, 6.07) is 0. The van der Waals surface area contributed by atoms with Crippen molar-refractivity contribution in [2.75, 3.05) is 45.9 Å². The van der Waals surface area contributed by atoms with Crippen molar-refractivity contribution in [1.29, 1.82) is 0 Å². The number of hydrogen-bond donors (Lipinski definition) is 1. The summed E-state index contributed by atoms with van der Waals surface area (Å²) in [4.78, 5) is 5.18. The smallest absolute Gasteiger partial charge is 0.0753 e. The monoisotopic (exact) mass is 269 g/mol. The van der Waals surface area contributed by atoms with Gasteiger partial charge in [0.15, 0.2) is 0 Å². The summed E-state index contributed by atoms with van der Waals surface area (Å²) < 4.78 is 5.86. The van der Waals surface area contributed by atoms with Crippen molar-refractivity contribution in [2.45, 2.75) is 51.2 Å². The summed E-state index contributed by atoms with van der Waals surface area (Å²) in [5.74, 6) is 0. The molecule has 0 aromatic heterocycles. The molecular formula is C15H31N3O. The van der Waals surface area contributed by atoms with Gasteiger partial charge in [-0.25, -0.2) is 0 Å². The first kappa shape index (κ1) is 15.2. The van der Waals surface area contributed by atoms with E-state index in [1.807, 2.05) is 0 Å². The highest BCUT2D eigenvalue weighted by Crippen LogP contribution is 2.32. The molecular weight excluding hydrogens is 238 g/mol. The Labute approximate surface area is 118 Å². The zero-order valence-corrected chi connectivity index (χ0v) is 13.0. The molecule has 0 saturated carbocycles. The molecule has 1 unspecified atom stereocenters. The van der Waals surface area contributed by atoms with E-state index < -0.39 is 0 Å². The standard InChI is InChI=1S/C15H31N3O/c1-4-17-8-5-6-15(12-16,7-9-17)18-10-11-19-14(2,3)13-18/h4-13,16H2,1-3H3. The lowest BCUT2D eigenvalue weighted by atomic mass is 9.86. The van der Waals surface area contributed by atoms with Crippen LogP contribution < -0.4 is 5.73 Å². The average Bonchev–Trinajstić information content (AvgIpc) is 2.60. The summed E-state index contributed by atoms with van der Waals surface area (Å²) in [6.07, 6.45) is 3.70. The Bertz CT molecular complexity index is 295. The van der Waals surface area contributed by atoms with Crippen LogP contribution >= 0.6 is 0 Å². The zero-order valence-electron chi connectivity index (χ0n) is 13.0. The first-order chi connectivity index (χ1) is 9.01. The third-order valence-electron chi connectivity index (χ3n) is 4.93. The molecule has 0 aliphatic carbocycles. The molecule has 0 aromatic rings. The van der Waals surface area contributed by atoms with Crippen LogP contribution in [0.3, 0.4) is 0 Å². The second kappa shape index (κ2) is 6.08. The molecule has 2 fully saturated rings. The third kappa shape index (κ3) is 3.48. The number of ether oxygens (including phenoxy) is 1. The number of nitrogens with zero attached hydrogens (tertiary/aromatic N) is 2. The Kier molecular flexibility index (Phi) is 4.88. The lowest BCUT2D eigenvalue weighted by molar-refractivity contribution is -0.118. The Morgan fingerprint density at radius 2 is 1.95 bits per heavy atom. The molecule has 0 bridgehead atoms. The highest BCUT2D eigenvalue weighted by Gasteiger charge is 2.41. The van der Waals surface area contributed by atoms with Crippen LogP contribution in [0.15, 0.2) is 0 Å². The molecule has 0 amide bonds. The fraction of sp³-hybridized carbons (Fsp3) is 1.00. The first-order valence-electron chi connectivity index (χ1n) is 7.83. The molecule has 19 heavy (non-hydrogen) atoms. The van der Waals surface area contributed by atoms with Gasteiger partial charge in [0.25, 0.3) is 0 Å². The van der Waals surface area contributed by atoms with E-state index in [1.54, 1.807) is 0 Å². The van der Waals surface area contributed by atoms with Gasteiger partial charge in [-0.05, 0) is 52.7 Å². The normalized spacial score (nSPS) is 34.1. The van der Waals surface area contributed by atoms with Crippen LogP contribution in [-0.2, 0) is 4.74 Å². The lowest BCUT2D eigenvalue weighted by Crippen LogP contribution is -2.61. The summed E-state index contributed by atoms with van der Waals surface area (Å²) in [5, 5.41) is 0. The van der Waals surface area contributed by atoms with Crippen molar-refractivity contribution < 1.29 is 4.74 Å². The van der Waals surface area contributed by atoms with Gasteiger partial charge in [-0.15, -0.1) is 0 Å². The van der Waals surface area contributed by atoms with Gasteiger partial charge < -0.3 is 15.4 Å². The second-order valence-electron chi connectivity index (χ2n) is 6.75. The average molecular weight is 269 g/mol. The van der Waals surface area contributed by atoms with Gasteiger partial charge in [0, 0.05) is 25.2 Å². The van der Waals surface area contributed by atoms with Crippen LogP contribution in [0, 0.1) is 0 Å². The first-order valence-corrected chi connectivity index (χ1v) is 7.83. The molecule has 2 saturated heterocycles. The molecule has 4 heteroatoms. The molecule has 0 spiro atoms. The van der Waals surface area contributed by atoms with E-state index in [4.69, 9.17) is 10.5 Å². The van der Waals surface area contributed by atoms with Gasteiger partial charge in [-0.1, -0.05) is 6.92 Å². The lowest BCUT2D eigenvalue weighted by Gasteiger charge is -2.49. The fourth-order valence-corrected chi connectivity index (χ4v) is 3.62. The predicted octanol–water partition coefficient (Wildman–Crippen LogP) is 1.30. The van der Waals surface area contributed by atoms with Crippen LogP contribution in [-0.4, -0.2) is 66.8 Å². The molecule has 2 aliphatic rings. The minimum atomic E-state index is -0.0306.